The van der Waals surface area contributed by atoms with Crippen LogP contribution < -0.4 is 0 Å². The van der Waals surface area contributed by atoms with Gasteiger partial charge in [-0.15, -0.1) is 0 Å². The molecule has 2 N–H and O–H groups in total. The van der Waals surface area contributed by atoms with E-state index in [2.05, 4.69) is 62.5 Å². The fraction of sp³-hybridized carbons (Fsp3) is 0.706. The molecule has 0 aliphatic heterocycles. The zero-order valence-corrected chi connectivity index (χ0v) is 24.9. The van der Waals surface area contributed by atoms with Crippen LogP contribution in [0.15, 0.2) is 48.6 Å². The molecule has 0 spiro atoms. The van der Waals surface area contributed by atoms with Crippen molar-refractivity contribution in [3.63, 3.8) is 0 Å². The van der Waals surface area contributed by atoms with Crippen molar-refractivity contribution in [1.29, 1.82) is 0 Å². The number of hydrogen-bond acceptors (Lipinski definition) is 2. The quantitative estimate of drug-likeness (QED) is 0.0858. The molecule has 0 aliphatic carbocycles. The maximum Gasteiger partial charge on any atom is 0.303 e. The number of hydrogen-bond donors (Lipinski definition) is 2. The lowest BCUT2D eigenvalue weighted by Crippen LogP contribution is -1.93. The lowest BCUT2D eigenvalue weighted by atomic mass is 10.1. The minimum Gasteiger partial charge on any atom is -0.481 e. The van der Waals surface area contributed by atoms with E-state index in [1.165, 1.54) is 83.5 Å². The van der Waals surface area contributed by atoms with Crippen LogP contribution >= 0.6 is 0 Å². The van der Waals surface area contributed by atoms with Crippen LogP contribution in [0.3, 0.4) is 0 Å². The summed E-state index contributed by atoms with van der Waals surface area (Å²) in [6.45, 7) is 4.48. The van der Waals surface area contributed by atoms with Crippen LogP contribution in [0.2, 0.25) is 0 Å². The van der Waals surface area contributed by atoms with Crippen LogP contribution in [0, 0.1) is 0 Å². The van der Waals surface area contributed by atoms with E-state index in [9.17, 15) is 9.59 Å². The van der Waals surface area contributed by atoms with Gasteiger partial charge in [0.25, 0.3) is 0 Å². The zero-order chi connectivity index (χ0) is 28.4. The predicted octanol–water partition coefficient (Wildman–Crippen LogP) is 11.0. The van der Waals surface area contributed by atoms with Crippen molar-refractivity contribution in [2.24, 2.45) is 0 Å². The second kappa shape index (κ2) is 34.9. The number of unbranched alkanes of at least 4 members (excludes halogenated alkanes) is 14. The van der Waals surface area contributed by atoms with Gasteiger partial charge in [0.15, 0.2) is 0 Å². The molecule has 0 aromatic carbocycles. The van der Waals surface area contributed by atoms with E-state index in [4.69, 9.17) is 10.2 Å². The number of aliphatic carboxylic acids is 2. The third kappa shape index (κ3) is 41.0. The Bertz CT molecular complexity index is 616. The van der Waals surface area contributed by atoms with Crippen LogP contribution in [0.5, 0.6) is 0 Å². The normalized spacial score (nSPS) is 11.6. The maximum absolute atomic E-state index is 10.3. The summed E-state index contributed by atoms with van der Waals surface area (Å²) in [6.07, 6.45) is 41.7. The van der Waals surface area contributed by atoms with E-state index in [1.54, 1.807) is 0 Å². The molecule has 220 valence electrons. The highest BCUT2D eigenvalue weighted by Gasteiger charge is 1.96. The van der Waals surface area contributed by atoms with Gasteiger partial charge in [0, 0.05) is 12.8 Å². The van der Waals surface area contributed by atoms with Crippen LogP contribution in [0.25, 0.3) is 0 Å². The molecule has 0 aromatic rings. The summed E-state index contributed by atoms with van der Waals surface area (Å²) in [5.74, 6) is -1.37. The van der Waals surface area contributed by atoms with Gasteiger partial charge in [0.2, 0.25) is 0 Å². The van der Waals surface area contributed by atoms with E-state index < -0.39 is 11.9 Å². The molecule has 0 saturated carbocycles. The van der Waals surface area contributed by atoms with Gasteiger partial charge in [-0.1, -0.05) is 140 Å². The van der Waals surface area contributed by atoms with E-state index >= 15 is 0 Å². The van der Waals surface area contributed by atoms with E-state index in [-0.39, 0.29) is 6.42 Å². The molecule has 0 unspecified atom stereocenters. The highest BCUT2D eigenvalue weighted by Crippen LogP contribution is 2.11. The van der Waals surface area contributed by atoms with Crippen molar-refractivity contribution in [2.45, 2.75) is 155 Å². The Morgan fingerprint density at radius 2 is 0.737 bits per heavy atom. The minimum absolute atomic E-state index is 0.262. The van der Waals surface area contributed by atoms with Gasteiger partial charge in [0.05, 0.1) is 0 Å². The Morgan fingerprint density at radius 3 is 1.16 bits per heavy atom. The van der Waals surface area contributed by atoms with Gasteiger partial charge < -0.3 is 10.2 Å². The summed E-state index contributed by atoms with van der Waals surface area (Å²) < 4.78 is 0. The molecule has 0 aromatic heterocycles. The number of carboxylic acid groups (broad SMARTS) is 2. The number of allylic oxidation sites excluding steroid dienone is 8. The molecule has 0 bridgehead atoms. The van der Waals surface area contributed by atoms with Gasteiger partial charge in [-0.3, -0.25) is 9.59 Å². The topological polar surface area (TPSA) is 74.6 Å². The molecular weight excluding hydrogens is 472 g/mol. The summed E-state index contributed by atoms with van der Waals surface area (Å²) >= 11 is 0. The monoisotopic (exact) mass is 532 g/mol. The molecule has 4 heteroatoms. The van der Waals surface area contributed by atoms with Gasteiger partial charge in [-0.2, -0.15) is 0 Å². The number of carboxylic acids is 2. The summed E-state index contributed by atoms with van der Waals surface area (Å²) in [5, 5.41) is 17.0. The average Bonchev–Trinajstić information content (AvgIpc) is 2.89. The maximum atomic E-state index is 10.3. The molecule has 0 radical (unpaired) electrons. The van der Waals surface area contributed by atoms with Crippen LogP contribution in [0.1, 0.15) is 155 Å². The summed E-state index contributed by atoms with van der Waals surface area (Å²) in [7, 11) is 0. The SMILES string of the molecule is CCCCC/C=C\C/C=C\C/C=C\C/C=C\CCCC(=O)O.CCCCCCCCCCCCCC(=O)O. The lowest BCUT2D eigenvalue weighted by molar-refractivity contribution is -0.138. The summed E-state index contributed by atoms with van der Waals surface area (Å²) in [4.78, 5) is 20.6. The standard InChI is InChI=1S/C20H32O2.C14H28O2/c1-2-3-4-5-6-7-8-9-10-11-12-13-14-15-16-17-18-19-20(21)22;1-2-3-4-5-6-7-8-9-10-11-12-13-14(15)16/h6-7,9-10,12-13,15-16H,2-5,8,11,14,17-19H2,1H3,(H,21,22);2-13H2,1H3,(H,15,16)/b7-6-,10-9-,13-12-,16-15-;. The lowest BCUT2D eigenvalue weighted by Gasteiger charge is -2.01. The first-order valence-electron chi connectivity index (χ1n) is 15.6. The number of carbonyl (C=O) groups is 2. The fourth-order valence-corrected chi connectivity index (χ4v) is 3.87. The first-order chi connectivity index (χ1) is 18.5. The van der Waals surface area contributed by atoms with Gasteiger partial charge in [-0.25, -0.2) is 0 Å². The molecule has 4 nitrogen and oxygen atoms in total. The van der Waals surface area contributed by atoms with Gasteiger partial charge in [0.1, 0.15) is 0 Å². The van der Waals surface area contributed by atoms with Gasteiger partial charge >= 0.3 is 11.9 Å². The van der Waals surface area contributed by atoms with E-state index in [1.807, 2.05) is 0 Å². The first kappa shape index (κ1) is 38.0. The van der Waals surface area contributed by atoms with Crippen LogP contribution in [-0.4, -0.2) is 22.2 Å². The minimum atomic E-state index is -0.712. The Hall–Kier alpha value is -2.10. The Labute approximate surface area is 235 Å². The Balaban J connectivity index is 0. The zero-order valence-electron chi connectivity index (χ0n) is 24.9. The smallest absolute Gasteiger partial charge is 0.303 e. The Kier molecular flexibility index (Phi) is 34.9. The van der Waals surface area contributed by atoms with E-state index in [0.29, 0.717) is 6.42 Å². The van der Waals surface area contributed by atoms with Crippen LogP contribution in [0.4, 0.5) is 0 Å². The second-order valence-corrected chi connectivity index (χ2v) is 10.1. The number of rotatable bonds is 26. The van der Waals surface area contributed by atoms with Crippen molar-refractivity contribution >= 4 is 11.9 Å². The van der Waals surface area contributed by atoms with Crippen molar-refractivity contribution in [2.75, 3.05) is 0 Å². The molecule has 0 amide bonds. The van der Waals surface area contributed by atoms with E-state index in [0.717, 1.165) is 44.9 Å². The summed E-state index contributed by atoms with van der Waals surface area (Å²) in [5.41, 5.74) is 0. The third-order valence-corrected chi connectivity index (χ3v) is 6.21. The molecule has 0 atom stereocenters. The third-order valence-electron chi connectivity index (χ3n) is 6.21. The molecule has 0 fully saturated rings. The predicted molar refractivity (Wildman–Crippen MR) is 165 cm³/mol. The summed E-state index contributed by atoms with van der Waals surface area (Å²) in [6, 6.07) is 0. The van der Waals surface area contributed by atoms with Crippen molar-refractivity contribution in [1.82, 2.24) is 0 Å². The fourth-order valence-electron chi connectivity index (χ4n) is 3.87. The first-order valence-corrected chi connectivity index (χ1v) is 15.6. The van der Waals surface area contributed by atoms with Crippen molar-refractivity contribution in [3.05, 3.63) is 48.6 Å². The molecule has 0 rings (SSSR count). The highest BCUT2D eigenvalue weighted by molar-refractivity contribution is 5.66. The van der Waals surface area contributed by atoms with Gasteiger partial charge in [-0.05, 0) is 51.4 Å². The Morgan fingerprint density at radius 1 is 0.421 bits per heavy atom. The average molecular weight is 533 g/mol. The molecule has 38 heavy (non-hydrogen) atoms. The van der Waals surface area contributed by atoms with Crippen molar-refractivity contribution in [3.8, 4) is 0 Å². The molecule has 0 saturated heterocycles. The second-order valence-electron chi connectivity index (χ2n) is 10.1. The van der Waals surface area contributed by atoms with Crippen molar-refractivity contribution < 1.29 is 19.8 Å². The molecule has 0 aliphatic rings. The molecular formula is C34H60O4. The largest absolute Gasteiger partial charge is 0.481 e. The molecule has 0 heterocycles. The highest BCUT2D eigenvalue weighted by atomic mass is 16.4. The van der Waals surface area contributed by atoms with Crippen LogP contribution in [-0.2, 0) is 9.59 Å².